The molecule has 0 aliphatic carbocycles. The Labute approximate surface area is 133 Å². The monoisotopic (exact) mass is 330 g/mol. The second kappa shape index (κ2) is 8.17. The maximum atomic E-state index is 12.1. The molecule has 2 N–H and O–H groups in total. The van der Waals surface area contributed by atoms with Gasteiger partial charge in [0, 0.05) is 17.8 Å². The molecule has 0 aromatic heterocycles. The zero-order chi connectivity index (χ0) is 15.9. The second-order valence-electron chi connectivity index (χ2n) is 5.64. The van der Waals surface area contributed by atoms with E-state index in [1.54, 1.807) is 11.8 Å². The van der Waals surface area contributed by atoms with Crippen molar-refractivity contribution < 1.29 is 8.42 Å². The Hall–Kier alpha value is -0.560. The number of sulfonamides is 1. The van der Waals surface area contributed by atoms with Crippen LogP contribution in [0.5, 0.6) is 0 Å². The summed E-state index contributed by atoms with van der Waals surface area (Å²) >= 11 is 1.65. The van der Waals surface area contributed by atoms with Crippen LogP contribution in [0, 0.1) is 0 Å². The third-order valence-electron chi connectivity index (χ3n) is 3.23. The van der Waals surface area contributed by atoms with E-state index in [4.69, 9.17) is 0 Å². The number of thioether (sulfide) groups is 1. The Morgan fingerprint density at radius 2 is 1.71 bits per heavy atom. The van der Waals surface area contributed by atoms with Gasteiger partial charge in [0.05, 0.1) is 5.75 Å². The van der Waals surface area contributed by atoms with Gasteiger partial charge in [-0.3, -0.25) is 0 Å². The van der Waals surface area contributed by atoms with E-state index in [9.17, 15) is 8.42 Å². The van der Waals surface area contributed by atoms with Gasteiger partial charge in [-0.05, 0) is 37.8 Å². The van der Waals surface area contributed by atoms with Crippen molar-refractivity contribution in [3.63, 3.8) is 0 Å². The molecular weight excluding hydrogens is 304 g/mol. The largest absolute Gasteiger partial charge is 0.313 e. The normalized spacial score (nSPS) is 12.6. The molecule has 0 saturated carbocycles. The minimum absolute atomic E-state index is 0.0267. The first kappa shape index (κ1) is 18.5. The quantitative estimate of drug-likeness (QED) is 0.730. The van der Waals surface area contributed by atoms with Gasteiger partial charge < -0.3 is 5.32 Å². The first-order valence-electron chi connectivity index (χ1n) is 7.09. The lowest BCUT2D eigenvalue weighted by Gasteiger charge is -2.22. The van der Waals surface area contributed by atoms with Crippen molar-refractivity contribution in [2.45, 2.75) is 37.8 Å². The molecule has 1 aromatic rings. The molecule has 0 amide bonds. The highest BCUT2D eigenvalue weighted by molar-refractivity contribution is 8.00. The van der Waals surface area contributed by atoms with Gasteiger partial charge in [0.1, 0.15) is 0 Å². The van der Waals surface area contributed by atoms with Crippen LogP contribution in [0.3, 0.4) is 0 Å². The maximum absolute atomic E-state index is 12.1. The first-order valence-corrected chi connectivity index (χ1v) is 9.97. The van der Waals surface area contributed by atoms with E-state index in [1.165, 1.54) is 0 Å². The van der Waals surface area contributed by atoms with Crippen LogP contribution >= 0.6 is 11.8 Å². The van der Waals surface area contributed by atoms with E-state index in [0.29, 0.717) is 6.54 Å². The number of hydrogen-bond acceptors (Lipinski definition) is 4. The molecule has 0 heterocycles. The van der Waals surface area contributed by atoms with E-state index in [0.717, 1.165) is 24.2 Å². The fourth-order valence-electron chi connectivity index (χ4n) is 1.65. The highest BCUT2D eigenvalue weighted by atomic mass is 32.2. The Morgan fingerprint density at radius 3 is 2.24 bits per heavy atom. The smallest absolute Gasteiger partial charge is 0.215 e. The lowest BCUT2D eigenvalue weighted by Crippen LogP contribution is -2.36. The number of nitrogens with one attached hydrogen (secondary N) is 2. The van der Waals surface area contributed by atoms with Gasteiger partial charge in [-0.2, -0.15) is 11.8 Å². The lowest BCUT2D eigenvalue weighted by atomic mass is 10.1. The Morgan fingerprint density at radius 1 is 1.14 bits per heavy atom. The van der Waals surface area contributed by atoms with Crippen LogP contribution < -0.4 is 10.0 Å². The Bertz CT molecular complexity index is 525. The molecule has 21 heavy (non-hydrogen) atoms. The average Bonchev–Trinajstić information content (AvgIpc) is 2.44. The minimum Gasteiger partial charge on any atom is -0.313 e. The summed E-state index contributed by atoms with van der Waals surface area (Å²) in [4.78, 5) is 0. The van der Waals surface area contributed by atoms with E-state index in [2.05, 4.69) is 17.0 Å². The topological polar surface area (TPSA) is 58.2 Å². The highest BCUT2D eigenvalue weighted by Gasteiger charge is 2.20. The molecule has 1 rings (SSSR count). The third-order valence-corrected chi connectivity index (χ3v) is 5.78. The van der Waals surface area contributed by atoms with Crippen molar-refractivity contribution in [2.75, 3.05) is 19.3 Å². The van der Waals surface area contributed by atoms with E-state index < -0.39 is 10.0 Å². The van der Waals surface area contributed by atoms with Crippen molar-refractivity contribution >= 4 is 21.8 Å². The van der Waals surface area contributed by atoms with Crippen molar-refractivity contribution in [2.24, 2.45) is 0 Å². The van der Waals surface area contributed by atoms with Crippen molar-refractivity contribution in [3.05, 3.63) is 35.4 Å². The maximum Gasteiger partial charge on any atom is 0.215 e. The van der Waals surface area contributed by atoms with Crippen LogP contribution in [-0.4, -0.2) is 32.5 Å². The zero-order valence-electron chi connectivity index (χ0n) is 13.3. The number of hydrogen-bond donors (Lipinski definition) is 2. The van der Waals surface area contributed by atoms with Gasteiger partial charge >= 0.3 is 0 Å². The van der Waals surface area contributed by atoms with Crippen LogP contribution in [0.15, 0.2) is 24.3 Å². The molecule has 0 fully saturated rings. The molecule has 0 saturated heterocycles. The van der Waals surface area contributed by atoms with Crippen molar-refractivity contribution in [1.82, 2.24) is 10.0 Å². The van der Waals surface area contributed by atoms with E-state index in [1.807, 2.05) is 44.4 Å². The Kier molecular flexibility index (Phi) is 7.20. The molecule has 0 bridgehead atoms. The fourth-order valence-corrected chi connectivity index (χ4v) is 3.27. The van der Waals surface area contributed by atoms with E-state index >= 15 is 0 Å². The van der Waals surface area contributed by atoms with Gasteiger partial charge in [0.15, 0.2) is 0 Å². The number of rotatable bonds is 9. The van der Waals surface area contributed by atoms with Gasteiger partial charge in [-0.25, -0.2) is 13.1 Å². The molecule has 0 unspecified atom stereocenters. The van der Waals surface area contributed by atoms with E-state index in [-0.39, 0.29) is 10.5 Å². The molecule has 0 aliphatic heterocycles. The first-order chi connectivity index (χ1) is 9.78. The summed E-state index contributed by atoms with van der Waals surface area (Å²) in [6.07, 6.45) is 1.98. The predicted octanol–water partition coefficient (Wildman–Crippen LogP) is 2.36. The summed E-state index contributed by atoms with van der Waals surface area (Å²) < 4.78 is 26.8. The Balaban J connectivity index is 2.59. The van der Waals surface area contributed by atoms with Crippen molar-refractivity contribution in [3.8, 4) is 0 Å². The second-order valence-corrected chi connectivity index (χ2v) is 8.96. The van der Waals surface area contributed by atoms with Crippen LogP contribution in [0.2, 0.25) is 0 Å². The molecule has 6 heteroatoms. The summed E-state index contributed by atoms with van der Waals surface area (Å²) in [5.74, 6) is 0.0267. The third kappa shape index (κ3) is 7.31. The molecule has 0 aliphatic rings. The summed E-state index contributed by atoms with van der Waals surface area (Å²) in [5, 5.41) is 3.24. The SMILES string of the molecule is CCNCc1ccc(CS(=O)(=O)NCC(C)(C)SC)cc1. The van der Waals surface area contributed by atoms with Gasteiger partial charge in [-0.15, -0.1) is 0 Å². The molecule has 0 radical (unpaired) electrons. The van der Waals surface area contributed by atoms with Crippen LogP contribution in [0.1, 0.15) is 31.9 Å². The molecule has 120 valence electrons. The summed E-state index contributed by atoms with van der Waals surface area (Å²) in [5.41, 5.74) is 1.97. The fraction of sp³-hybridized carbons (Fsp3) is 0.600. The summed E-state index contributed by atoms with van der Waals surface area (Å²) in [6.45, 7) is 8.28. The van der Waals surface area contributed by atoms with Crippen LogP contribution in [0.4, 0.5) is 0 Å². The zero-order valence-corrected chi connectivity index (χ0v) is 14.9. The van der Waals surface area contributed by atoms with Crippen molar-refractivity contribution in [1.29, 1.82) is 0 Å². The molecule has 1 aromatic carbocycles. The van der Waals surface area contributed by atoms with Crippen LogP contribution in [0.25, 0.3) is 0 Å². The highest BCUT2D eigenvalue weighted by Crippen LogP contribution is 2.20. The van der Waals surface area contributed by atoms with Crippen LogP contribution in [-0.2, 0) is 22.3 Å². The van der Waals surface area contributed by atoms with Gasteiger partial charge in [-0.1, -0.05) is 31.2 Å². The summed E-state index contributed by atoms with van der Waals surface area (Å²) in [6, 6.07) is 7.70. The molecule has 4 nitrogen and oxygen atoms in total. The standard InChI is InChI=1S/C15H26N2O2S2/c1-5-16-10-13-6-8-14(9-7-13)11-21(18,19)17-12-15(2,3)20-4/h6-9,16-17H,5,10-12H2,1-4H3. The number of benzene rings is 1. The van der Waals surface area contributed by atoms with Gasteiger partial charge in [0.2, 0.25) is 10.0 Å². The minimum atomic E-state index is -3.29. The predicted molar refractivity (Wildman–Crippen MR) is 92.0 cm³/mol. The average molecular weight is 331 g/mol. The summed E-state index contributed by atoms with van der Waals surface area (Å²) in [7, 11) is -3.29. The lowest BCUT2D eigenvalue weighted by molar-refractivity contribution is 0.570. The molecular formula is C15H26N2O2S2. The molecule has 0 atom stereocenters. The van der Waals surface area contributed by atoms with Gasteiger partial charge in [0.25, 0.3) is 0 Å². The molecule has 0 spiro atoms.